The van der Waals surface area contributed by atoms with Crippen molar-refractivity contribution in [1.82, 2.24) is 14.3 Å². The molecule has 136 valence electrons. The van der Waals surface area contributed by atoms with Crippen LogP contribution in [-0.2, 0) is 6.54 Å². The fraction of sp³-hybridized carbons (Fsp3) is 0.190. The van der Waals surface area contributed by atoms with E-state index in [1.165, 1.54) is 15.7 Å². The average molecular weight is 377 g/mol. The van der Waals surface area contributed by atoms with E-state index in [1.807, 2.05) is 44.2 Å². The molecule has 3 aromatic heterocycles. The molecular formula is C21H19N3O2S. The number of nitrogens with zero attached hydrogens (tertiary/aromatic N) is 3. The summed E-state index contributed by atoms with van der Waals surface area (Å²) in [4.78, 5) is 33.9. The lowest BCUT2D eigenvalue weighted by Crippen LogP contribution is -2.27. The van der Waals surface area contributed by atoms with Gasteiger partial charge in [-0.05, 0) is 37.1 Å². The molecule has 0 bridgehead atoms. The van der Waals surface area contributed by atoms with Crippen LogP contribution >= 0.6 is 11.3 Å². The largest absolute Gasteiger partial charge is 0.337 e. The van der Waals surface area contributed by atoms with Crippen LogP contribution in [0.25, 0.3) is 15.9 Å². The van der Waals surface area contributed by atoms with Crippen LogP contribution in [0.5, 0.6) is 0 Å². The Bertz CT molecular complexity index is 1230. The van der Waals surface area contributed by atoms with Gasteiger partial charge in [-0.2, -0.15) is 0 Å². The third-order valence-electron chi connectivity index (χ3n) is 4.80. The van der Waals surface area contributed by atoms with Crippen LogP contribution in [0.1, 0.15) is 26.4 Å². The summed E-state index contributed by atoms with van der Waals surface area (Å²) in [7, 11) is 1.76. The molecule has 0 aliphatic heterocycles. The molecule has 4 rings (SSSR count). The molecule has 4 aromatic rings. The highest BCUT2D eigenvalue weighted by molar-refractivity contribution is 7.18. The number of carbonyl (C=O) groups is 1. The summed E-state index contributed by atoms with van der Waals surface area (Å²) in [5.41, 5.74) is 2.90. The van der Waals surface area contributed by atoms with Gasteiger partial charge in [0, 0.05) is 24.7 Å². The van der Waals surface area contributed by atoms with Gasteiger partial charge in [-0.25, -0.2) is 4.98 Å². The summed E-state index contributed by atoms with van der Waals surface area (Å²) in [5, 5.41) is 0.636. The zero-order valence-corrected chi connectivity index (χ0v) is 16.2. The van der Waals surface area contributed by atoms with Gasteiger partial charge in [-0.3, -0.25) is 14.0 Å². The molecule has 3 heterocycles. The van der Waals surface area contributed by atoms with E-state index in [1.54, 1.807) is 30.3 Å². The van der Waals surface area contributed by atoms with E-state index in [9.17, 15) is 9.59 Å². The predicted molar refractivity (Wildman–Crippen MR) is 109 cm³/mol. The molecular weight excluding hydrogens is 358 g/mol. The molecule has 0 aliphatic carbocycles. The summed E-state index contributed by atoms with van der Waals surface area (Å²) in [6, 6.07) is 13.3. The summed E-state index contributed by atoms with van der Waals surface area (Å²) in [5.74, 6) is -0.133. The van der Waals surface area contributed by atoms with Crippen molar-refractivity contribution in [3.63, 3.8) is 0 Å². The number of thiophene rings is 1. The highest BCUT2D eigenvalue weighted by Gasteiger charge is 2.16. The Balaban J connectivity index is 1.75. The zero-order chi connectivity index (χ0) is 19.1. The number of fused-ring (bicyclic) bond motifs is 2. The number of hydrogen-bond acceptors (Lipinski definition) is 4. The van der Waals surface area contributed by atoms with E-state index in [0.29, 0.717) is 23.1 Å². The lowest BCUT2D eigenvalue weighted by molar-refractivity contribution is 0.0784. The number of rotatable bonds is 3. The predicted octanol–water partition coefficient (Wildman–Crippen LogP) is 3.80. The van der Waals surface area contributed by atoms with Gasteiger partial charge in [0.05, 0.1) is 10.9 Å². The van der Waals surface area contributed by atoms with Crippen LogP contribution in [0, 0.1) is 13.8 Å². The molecule has 0 saturated carbocycles. The molecule has 1 amide bonds. The van der Waals surface area contributed by atoms with E-state index in [2.05, 4.69) is 4.98 Å². The summed E-state index contributed by atoms with van der Waals surface area (Å²) < 4.78 is 1.48. The molecule has 0 unspecified atom stereocenters. The van der Waals surface area contributed by atoms with Crippen LogP contribution in [0.2, 0.25) is 0 Å². The molecule has 0 aliphatic rings. The standard InChI is InChI=1S/C21H19N3O2S/c1-13-14(2)27-19-18(13)21(26)24-12-16(9-10-17(24)22-19)20(25)23(3)11-15-7-5-4-6-8-15/h4-10,12H,11H2,1-3H3. The number of hydrogen-bond donors (Lipinski definition) is 0. The third-order valence-corrected chi connectivity index (χ3v) is 5.90. The number of benzene rings is 1. The van der Waals surface area contributed by atoms with Gasteiger partial charge in [0.15, 0.2) is 0 Å². The highest BCUT2D eigenvalue weighted by Crippen LogP contribution is 2.26. The van der Waals surface area contributed by atoms with Crippen molar-refractivity contribution in [2.45, 2.75) is 20.4 Å². The van der Waals surface area contributed by atoms with E-state index >= 15 is 0 Å². The first-order valence-corrected chi connectivity index (χ1v) is 9.49. The molecule has 0 N–H and O–H groups in total. The van der Waals surface area contributed by atoms with Crippen molar-refractivity contribution in [3.8, 4) is 0 Å². The molecule has 6 heteroatoms. The van der Waals surface area contributed by atoms with Gasteiger partial charge < -0.3 is 4.90 Å². The van der Waals surface area contributed by atoms with E-state index in [-0.39, 0.29) is 11.5 Å². The van der Waals surface area contributed by atoms with Crippen LogP contribution in [-0.4, -0.2) is 27.2 Å². The van der Waals surface area contributed by atoms with Gasteiger partial charge >= 0.3 is 0 Å². The molecule has 1 aromatic carbocycles. The fourth-order valence-corrected chi connectivity index (χ4v) is 4.21. The quantitative estimate of drug-likeness (QED) is 0.546. The summed E-state index contributed by atoms with van der Waals surface area (Å²) >= 11 is 1.52. The van der Waals surface area contributed by atoms with E-state index < -0.39 is 0 Å². The zero-order valence-electron chi connectivity index (χ0n) is 15.4. The molecule has 0 spiro atoms. The number of carbonyl (C=O) groups excluding carboxylic acids is 1. The first-order chi connectivity index (χ1) is 13.0. The summed E-state index contributed by atoms with van der Waals surface area (Å²) in [6.07, 6.45) is 1.60. The van der Waals surface area contributed by atoms with Crippen molar-refractivity contribution >= 4 is 33.1 Å². The molecule has 0 saturated heterocycles. The van der Waals surface area contributed by atoms with Gasteiger partial charge in [0.25, 0.3) is 11.5 Å². The topological polar surface area (TPSA) is 54.7 Å². The van der Waals surface area contributed by atoms with Gasteiger partial charge in [-0.1, -0.05) is 30.3 Å². The number of pyridine rings is 1. The molecule has 0 atom stereocenters. The third kappa shape index (κ3) is 3.02. The SMILES string of the molecule is Cc1sc2nc3ccc(C(=O)N(C)Cc4ccccc4)cn3c(=O)c2c1C. The lowest BCUT2D eigenvalue weighted by Gasteiger charge is -2.17. The minimum atomic E-state index is -0.133. The van der Waals surface area contributed by atoms with E-state index in [0.717, 1.165) is 20.8 Å². The Kier molecular flexibility index (Phi) is 4.28. The van der Waals surface area contributed by atoms with Crippen molar-refractivity contribution in [2.24, 2.45) is 0 Å². The average Bonchev–Trinajstić information content (AvgIpc) is 2.96. The maximum absolute atomic E-state index is 13.0. The Labute approximate surface area is 160 Å². The van der Waals surface area contributed by atoms with Crippen LogP contribution in [0.3, 0.4) is 0 Å². The maximum atomic E-state index is 13.0. The van der Waals surface area contributed by atoms with Crippen LogP contribution in [0.15, 0.2) is 53.5 Å². The molecule has 27 heavy (non-hydrogen) atoms. The molecule has 0 fully saturated rings. The fourth-order valence-electron chi connectivity index (χ4n) is 3.19. The van der Waals surface area contributed by atoms with Gasteiger partial charge in [0.2, 0.25) is 0 Å². The first-order valence-electron chi connectivity index (χ1n) is 8.67. The highest BCUT2D eigenvalue weighted by atomic mass is 32.1. The van der Waals surface area contributed by atoms with Crippen molar-refractivity contribution in [2.75, 3.05) is 7.05 Å². The number of aromatic nitrogens is 2. The first kappa shape index (κ1) is 17.4. The maximum Gasteiger partial charge on any atom is 0.266 e. The van der Waals surface area contributed by atoms with Gasteiger partial charge in [-0.15, -0.1) is 11.3 Å². The normalized spacial score (nSPS) is 11.2. The molecule has 0 radical (unpaired) electrons. The Morgan fingerprint density at radius 3 is 2.63 bits per heavy atom. The Hall–Kier alpha value is -2.99. The second-order valence-corrected chi connectivity index (χ2v) is 7.88. The van der Waals surface area contributed by atoms with Crippen LogP contribution < -0.4 is 5.56 Å². The lowest BCUT2D eigenvalue weighted by atomic mass is 10.2. The number of amides is 1. The second kappa shape index (κ2) is 6.63. The molecule has 5 nitrogen and oxygen atoms in total. The van der Waals surface area contributed by atoms with Crippen molar-refractivity contribution < 1.29 is 4.79 Å². The Morgan fingerprint density at radius 2 is 1.89 bits per heavy atom. The summed E-state index contributed by atoms with van der Waals surface area (Å²) in [6.45, 7) is 4.43. The van der Waals surface area contributed by atoms with Gasteiger partial charge in [0.1, 0.15) is 10.5 Å². The second-order valence-electron chi connectivity index (χ2n) is 6.67. The van der Waals surface area contributed by atoms with Crippen molar-refractivity contribution in [1.29, 1.82) is 0 Å². The van der Waals surface area contributed by atoms with E-state index in [4.69, 9.17) is 0 Å². The monoisotopic (exact) mass is 377 g/mol. The minimum Gasteiger partial charge on any atom is -0.337 e. The minimum absolute atomic E-state index is 0.128. The van der Waals surface area contributed by atoms with Crippen LogP contribution in [0.4, 0.5) is 0 Å². The smallest absolute Gasteiger partial charge is 0.266 e. The number of aryl methyl sites for hydroxylation is 2. The Morgan fingerprint density at radius 1 is 1.15 bits per heavy atom. The van der Waals surface area contributed by atoms with Crippen molar-refractivity contribution in [3.05, 3.63) is 80.6 Å².